The maximum atomic E-state index is 12.1. The molecule has 0 spiro atoms. The average Bonchev–Trinajstić information content (AvgIpc) is 2.83. The Bertz CT molecular complexity index is 327. The Labute approximate surface area is 95.6 Å². The number of likely N-dealkylation sites (N-methyl/N-ethyl adjacent to an activating group) is 1. The van der Waals surface area contributed by atoms with Crippen molar-refractivity contribution in [3.05, 3.63) is 0 Å². The summed E-state index contributed by atoms with van der Waals surface area (Å²) in [6, 6.07) is 0. The van der Waals surface area contributed by atoms with E-state index in [0.29, 0.717) is 0 Å². The molecule has 0 aliphatic heterocycles. The van der Waals surface area contributed by atoms with Crippen LogP contribution in [0.2, 0.25) is 0 Å². The number of hydrogen-bond donors (Lipinski definition) is 1. The minimum atomic E-state index is -1.11. The predicted octanol–water partition coefficient (Wildman–Crippen LogP) is 1.35. The molecule has 2 aliphatic carbocycles. The molecule has 0 bridgehead atoms. The lowest BCUT2D eigenvalue weighted by atomic mass is 9.97. The van der Waals surface area contributed by atoms with Crippen LogP contribution < -0.4 is 0 Å². The first-order valence-corrected chi connectivity index (χ1v) is 5.85. The number of amides is 1. The zero-order chi connectivity index (χ0) is 12.1. The maximum Gasteiger partial charge on any atom is 0.329 e. The molecule has 1 amide bonds. The van der Waals surface area contributed by atoms with Crippen LogP contribution in [0.4, 0.5) is 0 Å². The zero-order valence-electron chi connectivity index (χ0n) is 10.1. The highest BCUT2D eigenvalue weighted by atomic mass is 16.4. The van der Waals surface area contributed by atoms with E-state index in [-0.39, 0.29) is 11.8 Å². The van der Waals surface area contributed by atoms with Gasteiger partial charge in [-0.1, -0.05) is 0 Å². The lowest BCUT2D eigenvalue weighted by Gasteiger charge is -2.33. The van der Waals surface area contributed by atoms with Crippen molar-refractivity contribution in [2.45, 2.75) is 38.6 Å². The molecule has 0 radical (unpaired) electrons. The number of carboxylic acid groups (broad SMARTS) is 1. The summed E-state index contributed by atoms with van der Waals surface area (Å²) in [7, 11) is 1.60. The van der Waals surface area contributed by atoms with Crippen LogP contribution in [0, 0.1) is 17.8 Å². The Balaban J connectivity index is 2.01. The van der Waals surface area contributed by atoms with Gasteiger partial charge in [0.1, 0.15) is 5.54 Å². The van der Waals surface area contributed by atoms with E-state index in [9.17, 15) is 9.59 Å². The van der Waals surface area contributed by atoms with Crippen LogP contribution in [0.15, 0.2) is 0 Å². The number of hydrogen-bond acceptors (Lipinski definition) is 2. The van der Waals surface area contributed by atoms with Crippen molar-refractivity contribution in [3.63, 3.8) is 0 Å². The van der Waals surface area contributed by atoms with Gasteiger partial charge in [0.2, 0.25) is 5.91 Å². The molecule has 0 heterocycles. The number of aliphatic carboxylic acids is 1. The summed E-state index contributed by atoms with van der Waals surface area (Å²) in [6.07, 6.45) is 3.20. The molecular formula is C12H19NO3. The number of rotatable bonds is 3. The Kier molecular flexibility index (Phi) is 2.48. The molecule has 2 rings (SSSR count). The van der Waals surface area contributed by atoms with Crippen LogP contribution in [0.5, 0.6) is 0 Å². The third-order valence-electron chi connectivity index (χ3n) is 4.29. The topological polar surface area (TPSA) is 57.6 Å². The van der Waals surface area contributed by atoms with E-state index in [1.807, 2.05) is 0 Å². The summed E-state index contributed by atoms with van der Waals surface area (Å²) in [4.78, 5) is 24.6. The second kappa shape index (κ2) is 3.47. The molecular weight excluding hydrogens is 206 g/mol. The van der Waals surface area contributed by atoms with Crippen LogP contribution in [0.25, 0.3) is 0 Å². The molecule has 1 N–H and O–H groups in total. The van der Waals surface area contributed by atoms with Crippen molar-refractivity contribution in [2.75, 3.05) is 7.05 Å². The second-order valence-electron chi connectivity index (χ2n) is 5.69. The van der Waals surface area contributed by atoms with Crippen LogP contribution in [-0.4, -0.2) is 34.5 Å². The highest BCUT2D eigenvalue weighted by molar-refractivity contribution is 5.87. The van der Waals surface area contributed by atoms with Gasteiger partial charge in [-0.2, -0.15) is 0 Å². The second-order valence-corrected chi connectivity index (χ2v) is 5.69. The van der Waals surface area contributed by atoms with Crippen LogP contribution in [0.3, 0.4) is 0 Å². The Morgan fingerprint density at radius 2 is 1.69 bits per heavy atom. The molecule has 2 saturated carbocycles. The van der Waals surface area contributed by atoms with Gasteiger partial charge in [0, 0.05) is 13.0 Å². The fourth-order valence-corrected chi connectivity index (χ4v) is 2.61. The Morgan fingerprint density at radius 3 is 2.12 bits per heavy atom. The molecule has 0 saturated heterocycles. The maximum absolute atomic E-state index is 12.1. The Morgan fingerprint density at radius 1 is 1.19 bits per heavy atom. The van der Waals surface area contributed by atoms with Gasteiger partial charge in [-0.15, -0.1) is 0 Å². The van der Waals surface area contributed by atoms with E-state index in [1.165, 1.54) is 11.3 Å². The molecule has 90 valence electrons. The van der Waals surface area contributed by atoms with Crippen molar-refractivity contribution in [1.82, 2.24) is 4.90 Å². The van der Waals surface area contributed by atoms with Crippen LogP contribution in [-0.2, 0) is 9.59 Å². The predicted molar refractivity (Wildman–Crippen MR) is 58.8 cm³/mol. The smallest absolute Gasteiger partial charge is 0.329 e. The number of nitrogens with zero attached hydrogens (tertiary/aromatic N) is 1. The number of carbonyl (C=O) groups excluding carboxylic acids is 1. The molecule has 0 aromatic rings. The van der Waals surface area contributed by atoms with Crippen molar-refractivity contribution >= 4 is 11.9 Å². The minimum absolute atomic E-state index is 0.000370. The number of carboxylic acids is 1. The van der Waals surface area contributed by atoms with Crippen molar-refractivity contribution in [3.8, 4) is 0 Å². The first kappa shape index (κ1) is 11.4. The summed E-state index contributed by atoms with van der Waals surface area (Å²) in [5, 5.41) is 9.07. The summed E-state index contributed by atoms with van der Waals surface area (Å²) in [5.74, 6) is 0.601. The standard InChI is InChI=1S/C12H19NO3/c1-12(2,11(15)16)13(3)10(14)9-5-7-4-8(7)6-9/h7-9H,4-6H2,1-3H3,(H,15,16). The first-order chi connectivity index (χ1) is 7.34. The quantitative estimate of drug-likeness (QED) is 0.788. The largest absolute Gasteiger partial charge is 0.480 e. The van der Waals surface area contributed by atoms with Crippen LogP contribution in [0.1, 0.15) is 33.1 Å². The van der Waals surface area contributed by atoms with Gasteiger partial charge >= 0.3 is 5.97 Å². The van der Waals surface area contributed by atoms with E-state index >= 15 is 0 Å². The highest BCUT2D eigenvalue weighted by Gasteiger charge is 2.50. The van der Waals surface area contributed by atoms with Gasteiger partial charge in [-0.25, -0.2) is 4.79 Å². The fraction of sp³-hybridized carbons (Fsp3) is 0.833. The van der Waals surface area contributed by atoms with Gasteiger partial charge in [0.25, 0.3) is 0 Å². The minimum Gasteiger partial charge on any atom is -0.480 e. The number of fused-ring (bicyclic) bond motifs is 1. The first-order valence-electron chi connectivity index (χ1n) is 5.85. The lowest BCUT2D eigenvalue weighted by Crippen LogP contribution is -2.52. The number of carbonyl (C=O) groups is 2. The molecule has 2 atom stereocenters. The molecule has 0 aromatic heterocycles. The van der Waals surface area contributed by atoms with Gasteiger partial charge < -0.3 is 10.0 Å². The zero-order valence-corrected chi connectivity index (χ0v) is 10.1. The third kappa shape index (κ3) is 1.70. The van der Waals surface area contributed by atoms with Crippen molar-refractivity contribution in [2.24, 2.45) is 17.8 Å². The SMILES string of the molecule is CN(C(=O)C1CC2CC2C1)C(C)(C)C(=O)O. The van der Waals surface area contributed by atoms with Gasteiger partial charge in [-0.05, 0) is 44.9 Å². The summed E-state index contributed by atoms with van der Waals surface area (Å²) < 4.78 is 0. The molecule has 4 heteroatoms. The molecule has 4 nitrogen and oxygen atoms in total. The molecule has 0 aromatic carbocycles. The van der Waals surface area contributed by atoms with E-state index < -0.39 is 11.5 Å². The highest BCUT2D eigenvalue weighted by Crippen LogP contribution is 2.54. The van der Waals surface area contributed by atoms with E-state index in [2.05, 4.69) is 0 Å². The van der Waals surface area contributed by atoms with Gasteiger partial charge in [-0.3, -0.25) is 4.79 Å². The van der Waals surface area contributed by atoms with Crippen molar-refractivity contribution < 1.29 is 14.7 Å². The van der Waals surface area contributed by atoms with E-state index in [4.69, 9.17) is 5.11 Å². The molecule has 2 unspecified atom stereocenters. The van der Waals surface area contributed by atoms with Crippen molar-refractivity contribution in [1.29, 1.82) is 0 Å². The monoisotopic (exact) mass is 225 g/mol. The molecule has 2 fully saturated rings. The molecule has 16 heavy (non-hydrogen) atoms. The summed E-state index contributed by atoms with van der Waals surface area (Å²) in [6.45, 7) is 3.14. The van der Waals surface area contributed by atoms with E-state index in [0.717, 1.165) is 24.7 Å². The van der Waals surface area contributed by atoms with Crippen LogP contribution >= 0.6 is 0 Å². The van der Waals surface area contributed by atoms with Gasteiger partial charge in [0.15, 0.2) is 0 Å². The fourth-order valence-electron chi connectivity index (χ4n) is 2.61. The van der Waals surface area contributed by atoms with Gasteiger partial charge in [0.05, 0.1) is 0 Å². The third-order valence-corrected chi connectivity index (χ3v) is 4.29. The molecule has 2 aliphatic rings. The average molecular weight is 225 g/mol. The van der Waals surface area contributed by atoms with E-state index in [1.54, 1.807) is 20.9 Å². The Hall–Kier alpha value is -1.06. The lowest BCUT2D eigenvalue weighted by molar-refractivity contribution is -0.157. The summed E-state index contributed by atoms with van der Waals surface area (Å²) >= 11 is 0. The normalized spacial score (nSPS) is 32.1. The summed E-state index contributed by atoms with van der Waals surface area (Å²) in [5.41, 5.74) is -1.11.